The van der Waals surface area contributed by atoms with Crippen molar-refractivity contribution in [1.29, 1.82) is 0 Å². The summed E-state index contributed by atoms with van der Waals surface area (Å²) < 4.78 is 7.79. The Hall–Kier alpha value is -2.16. The van der Waals surface area contributed by atoms with Gasteiger partial charge in [0.1, 0.15) is 11.3 Å². The summed E-state index contributed by atoms with van der Waals surface area (Å²) in [4.78, 5) is 21.8. The predicted octanol–water partition coefficient (Wildman–Crippen LogP) is 4.01. The number of nitrogens with one attached hydrogen (secondary N) is 1. The number of para-hydroxylation sites is 1. The normalized spacial score (nSPS) is 14.8. The van der Waals surface area contributed by atoms with E-state index in [2.05, 4.69) is 37.1 Å². The number of fused-ring (bicyclic) bond motifs is 1. The summed E-state index contributed by atoms with van der Waals surface area (Å²) in [6.07, 6.45) is 0. The lowest BCUT2D eigenvalue weighted by molar-refractivity contribution is 0.0947. The summed E-state index contributed by atoms with van der Waals surface area (Å²) in [6.45, 7) is 7.91. The van der Waals surface area contributed by atoms with Gasteiger partial charge in [-0.15, -0.1) is 0 Å². The molecule has 1 aliphatic heterocycles. The minimum Gasteiger partial charge on any atom is -0.492 e. The number of rotatable bonds is 7. The highest BCUT2D eigenvalue weighted by Gasteiger charge is 2.20. The maximum absolute atomic E-state index is 12.3. The Morgan fingerprint density at radius 1 is 1.20 bits per heavy atom. The van der Waals surface area contributed by atoms with E-state index in [0.717, 1.165) is 58.3 Å². The molecule has 158 valence electrons. The topological polar surface area (TPSA) is 57.7 Å². The largest absolute Gasteiger partial charge is 0.492 e. The lowest BCUT2D eigenvalue weighted by Crippen LogP contribution is -2.48. The summed E-state index contributed by atoms with van der Waals surface area (Å²) in [5.41, 5.74) is 1.63. The minimum absolute atomic E-state index is 0.0329. The molecule has 0 bridgehead atoms. The van der Waals surface area contributed by atoms with Gasteiger partial charge in [-0.25, -0.2) is 4.98 Å². The van der Waals surface area contributed by atoms with Crippen LogP contribution in [0.25, 0.3) is 10.2 Å². The van der Waals surface area contributed by atoms with E-state index < -0.39 is 0 Å². The Morgan fingerprint density at radius 3 is 2.77 bits per heavy atom. The first-order valence-corrected chi connectivity index (χ1v) is 11.8. The first-order valence-electron chi connectivity index (χ1n) is 10.2. The first-order chi connectivity index (χ1) is 14.6. The van der Waals surface area contributed by atoms with Crippen LogP contribution in [-0.2, 0) is 0 Å². The summed E-state index contributed by atoms with van der Waals surface area (Å²) >= 11 is 5.13. The molecule has 4 rings (SSSR count). The van der Waals surface area contributed by atoms with E-state index in [1.54, 1.807) is 11.3 Å². The smallest absolute Gasteiger partial charge is 0.251 e. The summed E-state index contributed by atoms with van der Waals surface area (Å²) in [5.74, 6) is 0.826. The van der Waals surface area contributed by atoms with Crippen molar-refractivity contribution in [2.45, 2.75) is 6.92 Å². The van der Waals surface area contributed by atoms with Gasteiger partial charge >= 0.3 is 0 Å². The molecule has 1 fully saturated rings. The van der Waals surface area contributed by atoms with E-state index in [0.29, 0.717) is 18.7 Å². The van der Waals surface area contributed by atoms with E-state index >= 15 is 0 Å². The molecule has 3 aromatic rings. The molecule has 0 unspecified atom stereocenters. The van der Waals surface area contributed by atoms with Gasteiger partial charge in [0.2, 0.25) is 0 Å². The van der Waals surface area contributed by atoms with Crippen LogP contribution in [-0.4, -0.2) is 61.7 Å². The van der Waals surface area contributed by atoms with Crippen molar-refractivity contribution in [3.8, 4) is 5.75 Å². The monoisotopic (exact) mass is 488 g/mol. The highest BCUT2D eigenvalue weighted by molar-refractivity contribution is 9.10. The fraction of sp³-hybridized carbons (Fsp3) is 0.364. The lowest BCUT2D eigenvalue weighted by Gasteiger charge is -2.34. The average Bonchev–Trinajstić information content (AvgIpc) is 3.20. The molecule has 8 heteroatoms. The molecule has 0 spiro atoms. The van der Waals surface area contributed by atoms with E-state index in [1.165, 1.54) is 0 Å². The molecule has 0 radical (unpaired) electrons. The van der Waals surface area contributed by atoms with Crippen molar-refractivity contribution in [2.24, 2.45) is 0 Å². The zero-order valence-corrected chi connectivity index (χ0v) is 19.3. The maximum atomic E-state index is 12.3. The number of nitrogens with zero attached hydrogens (tertiary/aromatic N) is 3. The zero-order valence-electron chi connectivity index (χ0n) is 16.9. The third-order valence-electron chi connectivity index (χ3n) is 5.11. The molecule has 1 saturated heterocycles. The van der Waals surface area contributed by atoms with Gasteiger partial charge in [-0.1, -0.05) is 39.4 Å². The zero-order chi connectivity index (χ0) is 20.9. The third-order valence-corrected chi connectivity index (χ3v) is 6.69. The van der Waals surface area contributed by atoms with Gasteiger partial charge < -0.3 is 15.0 Å². The van der Waals surface area contributed by atoms with Crippen molar-refractivity contribution < 1.29 is 9.53 Å². The Bertz CT molecular complexity index is 1020. The van der Waals surface area contributed by atoms with Gasteiger partial charge in [-0.3, -0.25) is 9.69 Å². The van der Waals surface area contributed by atoms with Crippen LogP contribution in [0.1, 0.15) is 17.3 Å². The van der Waals surface area contributed by atoms with Crippen molar-refractivity contribution in [3.05, 3.63) is 52.5 Å². The average molecular weight is 489 g/mol. The SMILES string of the molecule is CCOc1cccc2sc(N3CCN(CCNC(=O)c4cccc(Br)c4)CC3)nc12. The molecule has 1 amide bonds. The van der Waals surface area contributed by atoms with Crippen LogP contribution in [0.4, 0.5) is 5.13 Å². The number of hydrogen-bond donors (Lipinski definition) is 1. The van der Waals surface area contributed by atoms with Gasteiger partial charge in [0.05, 0.1) is 11.3 Å². The number of ether oxygens (including phenoxy) is 1. The summed E-state index contributed by atoms with van der Waals surface area (Å²) in [5, 5.41) is 4.07. The number of hydrogen-bond acceptors (Lipinski definition) is 6. The second-order valence-electron chi connectivity index (χ2n) is 7.13. The summed E-state index contributed by atoms with van der Waals surface area (Å²) in [6, 6.07) is 13.6. The number of aromatic nitrogens is 1. The fourth-order valence-electron chi connectivity index (χ4n) is 3.54. The highest BCUT2D eigenvalue weighted by Crippen LogP contribution is 2.34. The molecule has 0 aliphatic carbocycles. The Labute approximate surface area is 189 Å². The van der Waals surface area contributed by atoms with Crippen LogP contribution in [0.2, 0.25) is 0 Å². The second kappa shape index (κ2) is 9.76. The molecule has 2 heterocycles. The number of carbonyl (C=O) groups is 1. The number of amides is 1. The molecular formula is C22H25BrN4O2S. The van der Waals surface area contributed by atoms with Crippen LogP contribution >= 0.6 is 27.3 Å². The molecule has 0 saturated carbocycles. The van der Waals surface area contributed by atoms with Crippen molar-refractivity contribution >= 4 is 48.5 Å². The van der Waals surface area contributed by atoms with Crippen LogP contribution in [0.15, 0.2) is 46.9 Å². The Morgan fingerprint density at radius 2 is 2.00 bits per heavy atom. The first kappa shape index (κ1) is 21.1. The summed E-state index contributed by atoms with van der Waals surface area (Å²) in [7, 11) is 0. The van der Waals surface area contributed by atoms with Crippen LogP contribution in [0.5, 0.6) is 5.75 Å². The van der Waals surface area contributed by atoms with Crippen molar-refractivity contribution in [1.82, 2.24) is 15.2 Å². The van der Waals surface area contributed by atoms with Gasteiger partial charge in [-0.05, 0) is 37.3 Å². The maximum Gasteiger partial charge on any atom is 0.251 e. The number of benzene rings is 2. The third kappa shape index (κ3) is 4.94. The lowest BCUT2D eigenvalue weighted by atomic mass is 10.2. The molecule has 0 atom stereocenters. The van der Waals surface area contributed by atoms with Gasteiger partial charge in [0.25, 0.3) is 5.91 Å². The number of halogens is 1. The highest BCUT2D eigenvalue weighted by atomic mass is 79.9. The van der Waals surface area contributed by atoms with E-state index in [1.807, 2.05) is 43.3 Å². The number of thiazole rings is 1. The number of anilines is 1. The van der Waals surface area contributed by atoms with E-state index in [9.17, 15) is 4.79 Å². The predicted molar refractivity (Wildman–Crippen MR) is 126 cm³/mol. The number of piperazine rings is 1. The second-order valence-corrected chi connectivity index (χ2v) is 9.05. The van der Waals surface area contributed by atoms with Crippen molar-refractivity contribution in [2.75, 3.05) is 50.8 Å². The Balaban J connectivity index is 1.27. The van der Waals surface area contributed by atoms with Crippen LogP contribution in [0.3, 0.4) is 0 Å². The van der Waals surface area contributed by atoms with Gasteiger partial charge in [-0.2, -0.15) is 0 Å². The molecule has 1 aliphatic rings. The minimum atomic E-state index is -0.0329. The van der Waals surface area contributed by atoms with Crippen LogP contribution < -0.4 is 15.0 Å². The molecule has 30 heavy (non-hydrogen) atoms. The van der Waals surface area contributed by atoms with Gasteiger partial charge in [0, 0.05) is 49.3 Å². The van der Waals surface area contributed by atoms with Crippen molar-refractivity contribution in [3.63, 3.8) is 0 Å². The van der Waals surface area contributed by atoms with Gasteiger partial charge in [0.15, 0.2) is 5.13 Å². The molecule has 6 nitrogen and oxygen atoms in total. The molecule has 1 N–H and O–H groups in total. The van der Waals surface area contributed by atoms with E-state index in [4.69, 9.17) is 9.72 Å². The van der Waals surface area contributed by atoms with Crippen LogP contribution in [0, 0.1) is 0 Å². The molecule has 2 aromatic carbocycles. The quantitative estimate of drug-likeness (QED) is 0.544. The Kier molecular flexibility index (Phi) is 6.86. The number of carbonyl (C=O) groups excluding carboxylic acids is 1. The molecular weight excluding hydrogens is 464 g/mol. The fourth-order valence-corrected chi connectivity index (χ4v) is 4.97. The molecule has 1 aromatic heterocycles. The standard InChI is InChI=1S/C22H25BrN4O2S/c1-2-29-18-7-4-8-19-20(18)25-22(30-19)27-13-11-26(12-14-27)10-9-24-21(28)16-5-3-6-17(23)15-16/h3-8,15H,2,9-14H2,1H3,(H,24,28). The van der Waals surface area contributed by atoms with E-state index in [-0.39, 0.29) is 5.91 Å².